The van der Waals surface area contributed by atoms with Gasteiger partial charge in [-0.25, -0.2) is 0 Å². The second-order valence-corrected chi connectivity index (χ2v) is 10.5. The summed E-state index contributed by atoms with van der Waals surface area (Å²) in [4.78, 5) is 12.7. The average molecular weight is 610 g/mol. The van der Waals surface area contributed by atoms with Crippen LogP contribution in [-0.2, 0) is 16.5 Å². The number of benzene rings is 4. The van der Waals surface area contributed by atoms with E-state index in [1.54, 1.807) is 56.3 Å². The van der Waals surface area contributed by atoms with Crippen molar-refractivity contribution >= 4 is 67.1 Å². The quantitative estimate of drug-likeness (QED) is 0.175. The molecule has 0 unspecified atom stereocenters. The number of hydrogen-bond acceptors (Lipinski definition) is 7. The number of ether oxygens (including phenoxy) is 1. The summed E-state index contributed by atoms with van der Waals surface area (Å²) in [7, 11) is -4.55. The molecule has 0 aliphatic heterocycles. The predicted octanol–water partition coefficient (Wildman–Crippen LogP) is 4.10. The van der Waals surface area contributed by atoms with Crippen LogP contribution in [0.15, 0.2) is 75.8 Å². The Kier molecular flexibility index (Phi) is 10.6. The van der Waals surface area contributed by atoms with Crippen LogP contribution in [0, 0.1) is 0 Å². The van der Waals surface area contributed by atoms with Crippen LogP contribution in [0.4, 0.5) is 17.1 Å². The van der Waals surface area contributed by atoms with Crippen molar-refractivity contribution in [2.75, 3.05) is 11.9 Å². The number of anilines is 1. The number of aryl methyl sites for hydroxylation is 1. The molecule has 202 valence electrons. The molecule has 2 N–H and O–H groups in total. The molecule has 4 aromatic rings. The number of nitrogens with zero attached hydrogens (tertiary/aromatic N) is 2. The smallest absolute Gasteiger partial charge is 0.870 e. The van der Waals surface area contributed by atoms with Crippen LogP contribution in [0.25, 0.3) is 10.8 Å². The van der Waals surface area contributed by atoms with E-state index in [-0.39, 0.29) is 51.5 Å². The van der Waals surface area contributed by atoms with Crippen molar-refractivity contribution in [3.63, 3.8) is 0 Å². The number of nitrogens with one attached hydrogen (secondary N) is 1. The van der Waals surface area contributed by atoms with Gasteiger partial charge in [0.05, 0.1) is 28.0 Å². The number of rotatable bonds is 8. The first kappa shape index (κ1) is 31.8. The maximum absolute atomic E-state index is 13.5. The third-order valence-corrected chi connectivity index (χ3v) is 7.39. The molecule has 0 spiro atoms. The van der Waals surface area contributed by atoms with E-state index < -0.39 is 26.7 Å². The molecule has 0 atom stereocenters. The summed E-state index contributed by atoms with van der Waals surface area (Å²) in [6, 6.07) is 15.5. The monoisotopic (exact) mass is 609 g/mol. The van der Waals surface area contributed by atoms with Crippen LogP contribution >= 0.6 is 23.2 Å². The van der Waals surface area contributed by atoms with Crippen LogP contribution < -0.4 is 44.7 Å². The van der Waals surface area contributed by atoms with E-state index in [4.69, 9.17) is 27.9 Å². The first-order valence-electron chi connectivity index (χ1n) is 11.7. The van der Waals surface area contributed by atoms with Gasteiger partial charge in [0.15, 0.2) is 0 Å². The van der Waals surface area contributed by atoms with Crippen LogP contribution in [0.1, 0.15) is 29.8 Å². The molecule has 1 amide bonds. The molecule has 0 aliphatic carbocycles. The van der Waals surface area contributed by atoms with Gasteiger partial charge in [-0.05, 0) is 54.6 Å². The summed E-state index contributed by atoms with van der Waals surface area (Å²) in [5.41, 5.74) is 0.768. The van der Waals surface area contributed by atoms with Crippen molar-refractivity contribution in [1.82, 2.24) is 0 Å². The predicted molar refractivity (Wildman–Crippen MR) is 149 cm³/mol. The van der Waals surface area contributed by atoms with Crippen LogP contribution in [0.2, 0.25) is 10.0 Å². The molecule has 0 heterocycles. The van der Waals surface area contributed by atoms with Gasteiger partial charge in [-0.1, -0.05) is 60.1 Å². The molecule has 0 fully saturated rings. The number of hydrogen-bond donors (Lipinski definition) is 2. The van der Waals surface area contributed by atoms with E-state index in [1.807, 2.05) is 0 Å². The molecule has 0 bridgehead atoms. The second-order valence-electron chi connectivity index (χ2n) is 8.30. The summed E-state index contributed by atoms with van der Waals surface area (Å²) in [6.45, 7) is 3.93. The number of fused-ring (bicyclic) bond motifs is 1. The van der Waals surface area contributed by atoms with Crippen molar-refractivity contribution in [2.24, 2.45) is 10.2 Å². The summed E-state index contributed by atoms with van der Waals surface area (Å²) in [5, 5.41) is 25.7. The Bertz CT molecular complexity index is 1730. The SMILES string of the molecule is CCOc1cc(NC(=O)c2cc3ccccc3c(N=Nc3cc(Cl)c(S(=O)(=O)O)cc3CC)c2[O-])ccc1Cl.[Na+]. The molecule has 0 saturated heterocycles. The second kappa shape index (κ2) is 13.3. The maximum Gasteiger partial charge on any atom is 1.00 e. The third-order valence-electron chi connectivity index (χ3n) is 5.76. The van der Waals surface area contributed by atoms with Gasteiger partial charge in [-0.3, -0.25) is 9.35 Å². The number of carbonyl (C=O) groups is 1. The first-order valence-corrected chi connectivity index (χ1v) is 13.9. The molecule has 9 nitrogen and oxygen atoms in total. The van der Waals surface area contributed by atoms with Crippen LogP contribution in [0.5, 0.6) is 11.5 Å². The molecule has 0 radical (unpaired) electrons. The standard InChI is InChI=1S/C27H23Cl2N3O6S.Na/c1-3-15-12-24(39(35,36)37)21(29)14-22(15)31-32-25-18-8-6-5-7-16(18)11-19(26(25)33)27(34)30-17-9-10-20(28)23(13-17)38-4-2;/h5-14,33H,3-4H2,1-2H3,(H,30,34)(H,35,36,37);/q;+1/p-1. The van der Waals surface area contributed by atoms with E-state index in [2.05, 4.69) is 15.5 Å². The minimum Gasteiger partial charge on any atom is -0.870 e. The molecule has 4 rings (SSSR count). The zero-order chi connectivity index (χ0) is 28.3. The molecule has 0 aliphatic rings. The number of amides is 1. The van der Waals surface area contributed by atoms with Crippen LogP contribution in [-0.4, -0.2) is 25.5 Å². The minimum atomic E-state index is -4.55. The Hall–Kier alpha value is -2.70. The number of azo groups is 1. The number of halogens is 2. The van der Waals surface area contributed by atoms with E-state index in [0.29, 0.717) is 45.8 Å². The molecule has 40 heavy (non-hydrogen) atoms. The summed E-state index contributed by atoms with van der Waals surface area (Å²) in [6.07, 6.45) is 0.340. The summed E-state index contributed by atoms with van der Waals surface area (Å²) < 4.78 is 38.1. The minimum absolute atomic E-state index is 0. The molecular formula is C27H22Cl2N3NaO6S. The fraction of sp³-hybridized carbons (Fsp3) is 0.148. The molecule has 4 aromatic carbocycles. The van der Waals surface area contributed by atoms with Gasteiger partial charge >= 0.3 is 29.6 Å². The maximum atomic E-state index is 13.5. The average Bonchev–Trinajstić information content (AvgIpc) is 2.89. The van der Waals surface area contributed by atoms with Gasteiger partial charge in [-0.15, -0.1) is 0 Å². The number of carbonyl (C=O) groups excluding carboxylic acids is 1. The van der Waals surface area contributed by atoms with Crippen molar-refractivity contribution < 1.29 is 57.2 Å². The van der Waals surface area contributed by atoms with E-state index >= 15 is 0 Å². The van der Waals surface area contributed by atoms with Gasteiger partial charge in [0, 0.05) is 22.7 Å². The van der Waals surface area contributed by atoms with E-state index in [1.165, 1.54) is 18.2 Å². The van der Waals surface area contributed by atoms with Crippen LogP contribution in [0.3, 0.4) is 0 Å². The Balaban J connectivity index is 0.00000441. The Labute approximate surface area is 263 Å². The fourth-order valence-corrected chi connectivity index (χ4v) is 5.10. The van der Waals surface area contributed by atoms with Crippen molar-refractivity contribution in [1.29, 1.82) is 0 Å². The van der Waals surface area contributed by atoms with Crippen molar-refractivity contribution in [2.45, 2.75) is 25.2 Å². The summed E-state index contributed by atoms with van der Waals surface area (Å²) in [5.74, 6) is -0.938. The van der Waals surface area contributed by atoms with Gasteiger partial charge in [-0.2, -0.15) is 18.6 Å². The Morgan fingerprint density at radius 1 is 1.02 bits per heavy atom. The zero-order valence-electron chi connectivity index (χ0n) is 21.7. The topological polar surface area (TPSA) is 140 Å². The van der Waals surface area contributed by atoms with E-state index in [0.717, 1.165) is 0 Å². The fourth-order valence-electron chi connectivity index (χ4n) is 3.89. The van der Waals surface area contributed by atoms with Gasteiger partial charge in [0.1, 0.15) is 10.6 Å². The van der Waals surface area contributed by atoms with Gasteiger partial charge in [0.2, 0.25) is 0 Å². The van der Waals surface area contributed by atoms with E-state index in [9.17, 15) is 22.9 Å². The molecule has 0 saturated carbocycles. The Morgan fingerprint density at radius 2 is 1.75 bits per heavy atom. The molecular weight excluding hydrogens is 588 g/mol. The summed E-state index contributed by atoms with van der Waals surface area (Å²) >= 11 is 12.2. The van der Waals surface area contributed by atoms with Crippen molar-refractivity contribution in [3.05, 3.63) is 81.8 Å². The van der Waals surface area contributed by atoms with Crippen molar-refractivity contribution in [3.8, 4) is 11.5 Å². The molecule has 0 aromatic heterocycles. The third kappa shape index (κ3) is 6.95. The zero-order valence-corrected chi connectivity index (χ0v) is 26.1. The Morgan fingerprint density at radius 3 is 2.42 bits per heavy atom. The van der Waals surface area contributed by atoms with Gasteiger partial charge < -0.3 is 15.2 Å². The first-order chi connectivity index (χ1) is 18.5. The molecule has 13 heteroatoms. The normalized spacial score (nSPS) is 11.4. The van der Waals surface area contributed by atoms with Gasteiger partial charge in [0.25, 0.3) is 16.0 Å². The largest absolute Gasteiger partial charge is 1.00 e.